The molecule has 0 aromatic heterocycles. The van der Waals surface area contributed by atoms with Gasteiger partial charge in [-0.25, -0.2) is 0 Å². The molecule has 1 aliphatic rings. The largest absolute Gasteiger partial charge is 0.292 e. The zero-order valence-electron chi connectivity index (χ0n) is 4.22. The van der Waals surface area contributed by atoms with Gasteiger partial charge in [0, 0.05) is 18.5 Å². The van der Waals surface area contributed by atoms with E-state index in [9.17, 15) is 0 Å². The highest BCUT2D eigenvalue weighted by Gasteiger charge is 1.96. The van der Waals surface area contributed by atoms with Crippen LogP contribution in [0.5, 0.6) is 0 Å². The third kappa shape index (κ3) is 1.06. The van der Waals surface area contributed by atoms with Crippen molar-refractivity contribution in [2.24, 2.45) is 4.99 Å². The molecule has 0 aromatic rings. The van der Waals surface area contributed by atoms with Crippen molar-refractivity contribution in [3.63, 3.8) is 0 Å². The summed E-state index contributed by atoms with van der Waals surface area (Å²) in [6.07, 6.45) is 2.05. The average Bonchev–Trinajstić information content (AvgIpc) is 2.14. The fraction of sp³-hybridized carbons (Fsp3) is 0.400. The van der Waals surface area contributed by atoms with Crippen LogP contribution < -0.4 is 0 Å². The minimum atomic E-state index is 1.07. The van der Waals surface area contributed by atoms with E-state index in [1.165, 1.54) is 5.71 Å². The standard InChI is InChI=1S/C5H7NS/c1-6-5-2-3-7-4-5/h2-3H,4H2,1H3. The van der Waals surface area contributed by atoms with Crippen molar-refractivity contribution in [2.75, 3.05) is 12.8 Å². The minimum absolute atomic E-state index is 1.07. The molecule has 0 amide bonds. The SMILES string of the molecule is CN=C1C=CSC1. The van der Waals surface area contributed by atoms with Gasteiger partial charge in [0.05, 0.1) is 0 Å². The van der Waals surface area contributed by atoms with Crippen molar-refractivity contribution < 1.29 is 0 Å². The molecule has 0 saturated carbocycles. The molecule has 0 bridgehead atoms. The van der Waals surface area contributed by atoms with E-state index in [0.717, 1.165) is 5.75 Å². The Hall–Kier alpha value is -0.240. The molecule has 0 atom stereocenters. The first-order chi connectivity index (χ1) is 3.43. The molecule has 38 valence electrons. The van der Waals surface area contributed by atoms with Crippen molar-refractivity contribution in [3.05, 3.63) is 11.5 Å². The molecule has 0 unspecified atom stereocenters. The van der Waals surface area contributed by atoms with Crippen LogP contribution in [0.1, 0.15) is 0 Å². The molecule has 1 rings (SSSR count). The zero-order valence-corrected chi connectivity index (χ0v) is 5.03. The Bertz CT molecular complexity index is 112. The van der Waals surface area contributed by atoms with Gasteiger partial charge in [-0.2, -0.15) is 0 Å². The maximum absolute atomic E-state index is 4.00. The van der Waals surface area contributed by atoms with E-state index in [1.54, 1.807) is 11.8 Å². The third-order valence-corrected chi connectivity index (χ3v) is 1.67. The van der Waals surface area contributed by atoms with Gasteiger partial charge in [0.15, 0.2) is 0 Å². The van der Waals surface area contributed by atoms with Crippen LogP contribution in [0, 0.1) is 0 Å². The Morgan fingerprint density at radius 2 is 2.71 bits per heavy atom. The number of nitrogens with zero attached hydrogens (tertiary/aromatic N) is 1. The van der Waals surface area contributed by atoms with Gasteiger partial charge < -0.3 is 0 Å². The lowest BCUT2D eigenvalue weighted by Gasteiger charge is -1.82. The van der Waals surface area contributed by atoms with Crippen LogP contribution in [0.15, 0.2) is 16.5 Å². The molecule has 0 spiro atoms. The highest BCUT2D eigenvalue weighted by molar-refractivity contribution is 8.03. The molecule has 0 fully saturated rings. The van der Waals surface area contributed by atoms with E-state index >= 15 is 0 Å². The highest BCUT2D eigenvalue weighted by Crippen LogP contribution is 2.10. The number of allylic oxidation sites excluding steroid dienone is 1. The number of hydrogen-bond acceptors (Lipinski definition) is 2. The topological polar surface area (TPSA) is 12.4 Å². The van der Waals surface area contributed by atoms with Crippen LogP contribution in [0.25, 0.3) is 0 Å². The number of rotatable bonds is 0. The lowest BCUT2D eigenvalue weighted by Crippen LogP contribution is -1.88. The quantitative estimate of drug-likeness (QED) is 0.461. The van der Waals surface area contributed by atoms with Crippen molar-refractivity contribution in [2.45, 2.75) is 0 Å². The second kappa shape index (κ2) is 2.17. The summed E-state index contributed by atoms with van der Waals surface area (Å²) in [6.45, 7) is 0. The monoisotopic (exact) mass is 113 g/mol. The van der Waals surface area contributed by atoms with Gasteiger partial charge in [-0.05, 0) is 11.5 Å². The maximum Gasteiger partial charge on any atom is 0.0452 e. The first-order valence-corrected chi connectivity index (χ1v) is 3.22. The van der Waals surface area contributed by atoms with Crippen molar-refractivity contribution >= 4 is 17.5 Å². The van der Waals surface area contributed by atoms with Crippen molar-refractivity contribution in [1.82, 2.24) is 0 Å². The fourth-order valence-corrected chi connectivity index (χ4v) is 1.19. The fourth-order valence-electron chi connectivity index (χ4n) is 0.447. The second-order valence-electron chi connectivity index (χ2n) is 1.33. The Morgan fingerprint density at radius 1 is 1.86 bits per heavy atom. The van der Waals surface area contributed by atoms with Gasteiger partial charge in [-0.15, -0.1) is 11.8 Å². The van der Waals surface area contributed by atoms with Gasteiger partial charge in [0.2, 0.25) is 0 Å². The summed E-state index contributed by atoms with van der Waals surface area (Å²) in [5.41, 5.74) is 1.20. The van der Waals surface area contributed by atoms with Crippen molar-refractivity contribution in [1.29, 1.82) is 0 Å². The van der Waals surface area contributed by atoms with E-state index in [4.69, 9.17) is 0 Å². The molecule has 1 nitrogen and oxygen atoms in total. The predicted molar refractivity (Wildman–Crippen MR) is 35.0 cm³/mol. The molecule has 1 heterocycles. The third-order valence-electron chi connectivity index (χ3n) is 0.875. The minimum Gasteiger partial charge on any atom is -0.292 e. The summed E-state index contributed by atoms with van der Waals surface area (Å²) < 4.78 is 0. The van der Waals surface area contributed by atoms with Crippen LogP contribution in [0.3, 0.4) is 0 Å². The van der Waals surface area contributed by atoms with Crippen LogP contribution in [0.4, 0.5) is 0 Å². The first-order valence-electron chi connectivity index (χ1n) is 2.17. The van der Waals surface area contributed by atoms with Crippen molar-refractivity contribution in [3.8, 4) is 0 Å². The Labute approximate surface area is 47.5 Å². The molecule has 0 aromatic carbocycles. The molecule has 2 heteroatoms. The van der Waals surface area contributed by atoms with E-state index in [-0.39, 0.29) is 0 Å². The number of thioether (sulfide) groups is 1. The van der Waals surface area contributed by atoms with Gasteiger partial charge in [-0.3, -0.25) is 4.99 Å². The van der Waals surface area contributed by atoms with Crippen LogP contribution in [-0.4, -0.2) is 18.5 Å². The molecule has 0 aliphatic carbocycles. The molecular formula is C5H7NS. The van der Waals surface area contributed by atoms with E-state index in [1.807, 2.05) is 13.1 Å². The summed E-state index contributed by atoms with van der Waals surface area (Å²) in [4.78, 5) is 4.00. The normalized spacial score (nSPS) is 24.4. The molecule has 0 N–H and O–H groups in total. The van der Waals surface area contributed by atoms with E-state index < -0.39 is 0 Å². The van der Waals surface area contributed by atoms with Gasteiger partial charge in [0.1, 0.15) is 0 Å². The number of hydrogen-bond donors (Lipinski definition) is 0. The molecular weight excluding hydrogens is 106 g/mol. The molecule has 1 aliphatic heterocycles. The molecule has 0 saturated heterocycles. The lowest BCUT2D eigenvalue weighted by molar-refractivity contribution is 1.44. The highest BCUT2D eigenvalue weighted by atomic mass is 32.2. The van der Waals surface area contributed by atoms with Crippen LogP contribution >= 0.6 is 11.8 Å². The summed E-state index contributed by atoms with van der Waals surface area (Å²) in [6, 6.07) is 0. The van der Waals surface area contributed by atoms with Gasteiger partial charge >= 0.3 is 0 Å². The number of aliphatic imine (C=N–C) groups is 1. The summed E-state index contributed by atoms with van der Waals surface area (Å²) in [5, 5.41) is 2.07. The zero-order chi connectivity index (χ0) is 5.11. The smallest absolute Gasteiger partial charge is 0.0452 e. The Balaban J connectivity index is 2.59. The summed E-state index contributed by atoms with van der Waals surface area (Å²) in [7, 11) is 1.82. The molecule has 0 radical (unpaired) electrons. The van der Waals surface area contributed by atoms with Crippen LogP contribution in [-0.2, 0) is 0 Å². The van der Waals surface area contributed by atoms with Gasteiger partial charge in [-0.1, -0.05) is 0 Å². The maximum atomic E-state index is 4.00. The average molecular weight is 113 g/mol. The van der Waals surface area contributed by atoms with E-state index in [0.29, 0.717) is 0 Å². The lowest BCUT2D eigenvalue weighted by atomic mass is 10.4. The Kier molecular flexibility index (Phi) is 1.52. The summed E-state index contributed by atoms with van der Waals surface area (Å²) >= 11 is 1.80. The van der Waals surface area contributed by atoms with Crippen LogP contribution in [0.2, 0.25) is 0 Å². The molecule has 7 heavy (non-hydrogen) atoms. The first kappa shape index (κ1) is 4.91. The Morgan fingerprint density at radius 3 is 3.00 bits per heavy atom. The van der Waals surface area contributed by atoms with Gasteiger partial charge in [0.25, 0.3) is 0 Å². The van der Waals surface area contributed by atoms with E-state index in [2.05, 4.69) is 10.4 Å². The second-order valence-corrected chi connectivity index (χ2v) is 2.22. The summed E-state index contributed by atoms with van der Waals surface area (Å²) in [5.74, 6) is 1.07. The predicted octanol–water partition coefficient (Wildman–Crippen LogP) is 1.32.